The lowest BCUT2D eigenvalue weighted by molar-refractivity contribution is -0.133. The molecule has 1 aromatic carbocycles. The van der Waals surface area contributed by atoms with E-state index in [1.807, 2.05) is 0 Å². The predicted molar refractivity (Wildman–Crippen MR) is 83.0 cm³/mol. The third-order valence-corrected chi connectivity index (χ3v) is 5.11. The van der Waals surface area contributed by atoms with Crippen molar-refractivity contribution in [3.8, 4) is 0 Å². The number of benzene rings is 1. The maximum atomic E-state index is 13.6. The van der Waals surface area contributed by atoms with Crippen molar-refractivity contribution in [3.63, 3.8) is 0 Å². The number of aliphatic hydroxyl groups is 1. The Morgan fingerprint density at radius 2 is 1.92 bits per heavy atom. The molecule has 1 saturated heterocycles. The van der Waals surface area contributed by atoms with Crippen LogP contribution in [-0.4, -0.2) is 28.6 Å². The minimum atomic E-state index is -1.01. The molecule has 5 nitrogen and oxygen atoms in total. The molecule has 1 saturated carbocycles. The van der Waals surface area contributed by atoms with Crippen LogP contribution in [0.3, 0.4) is 0 Å². The Morgan fingerprint density at radius 3 is 2.46 bits per heavy atom. The smallest absolute Gasteiger partial charge is 0.240 e. The largest absolute Gasteiger partial charge is 0.390 e. The number of anilines is 1. The molecular weight excluding hydrogens is 318 g/mol. The second-order valence-electron chi connectivity index (χ2n) is 7.23. The molecule has 2 amide bonds. The monoisotopic (exact) mass is 338 g/mol. The highest BCUT2D eigenvalue weighted by Crippen LogP contribution is 2.51. The molecule has 3 N–H and O–H groups in total. The van der Waals surface area contributed by atoms with Gasteiger partial charge in [0, 0.05) is 6.07 Å². The molecule has 0 radical (unpaired) electrons. The number of amides is 2. The van der Waals surface area contributed by atoms with E-state index in [1.165, 1.54) is 0 Å². The van der Waals surface area contributed by atoms with Crippen molar-refractivity contribution >= 4 is 17.5 Å². The van der Waals surface area contributed by atoms with Crippen molar-refractivity contribution in [2.24, 2.45) is 11.1 Å². The number of nitrogens with two attached hydrogens (primary N) is 1. The molecule has 130 valence electrons. The minimum absolute atomic E-state index is 0.0246. The van der Waals surface area contributed by atoms with Crippen LogP contribution in [0.4, 0.5) is 14.5 Å². The van der Waals surface area contributed by atoms with Gasteiger partial charge in [0.15, 0.2) is 0 Å². The molecule has 2 aliphatic rings. The molecule has 0 bridgehead atoms. The van der Waals surface area contributed by atoms with Crippen LogP contribution in [0.2, 0.25) is 0 Å². The summed E-state index contributed by atoms with van der Waals surface area (Å²) in [6.45, 7) is 1.66. The van der Waals surface area contributed by atoms with E-state index >= 15 is 0 Å². The number of halogens is 2. The third kappa shape index (κ3) is 2.77. The minimum Gasteiger partial charge on any atom is -0.390 e. The molecule has 1 spiro atoms. The van der Waals surface area contributed by atoms with Crippen LogP contribution in [0, 0.1) is 17.0 Å². The average Bonchev–Trinajstić information content (AvgIpc) is 2.70. The predicted octanol–water partition coefficient (Wildman–Crippen LogP) is 1.87. The zero-order valence-electron chi connectivity index (χ0n) is 13.4. The lowest BCUT2D eigenvalue weighted by atomic mass is 9.66. The van der Waals surface area contributed by atoms with E-state index in [9.17, 15) is 23.5 Å². The van der Waals surface area contributed by atoms with Crippen LogP contribution in [0.15, 0.2) is 18.2 Å². The first-order valence-corrected chi connectivity index (χ1v) is 7.95. The fourth-order valence-electron chi connectivity index (χ4n) is 4.22. The zero-order chi connectivity index (χ0) is 17.7. The van der Waals surface area contributed by atoms with Gasteiger partial charge in [0.2, 0.25) is 11.8 Å². The summed E-state index contributed by atoms with van der Waals surface area (Å²) in [5, 5.41) is 10.4. The summed E-state index contributed by atoms with van der Waals surface area (Å²) in [7, 11) is 0. The first kappa shape index (κ1) is 16.8. The van der Waals surface area contributed by atoms with E-state index in [-0.39, 0.29) is 18.5 Å². The highest BCUT2D eigenvalue weighted by Gasteiger charge is 2.57. The summed E-state index contributed by atoms with van der Waals surface area (Å²) in [6, 6.07) is 1.74. The molecule has 1 heterocycles. The molecule has 3 rings (SSSR count). The van der Waals surface area contributed by atoms with Gasteiger partial charge in [0.25, 0.3) is 0 Å². The highest BCUT2D eigenvalue weighted by molar-refractivity contribution is 6.06. The number of nitrogens with zero attached hydrogens (tertiary/aromatic N) is 1. The van der Waals surface area contributed by atoms with Crippen molar-refractivity contribution < 1.29 is 23.5 Å². The number of hydrogen-bond donors (Lipinski definition) is 2. The van der Waals surface area contributed by atoms with Gasteiger partial charge in [-0.15, -0.1) is 0 Å². The lowest BCUT2D eigenvalue weighted by Gasteiger charge is -2.40. The van der Waals surface area contributed by atoms with Crippen molar-refractivity contribution in [1.82, 2.24) is 0 Å². The Kier molecular flexibility index (Phi) is 3.86. The summed E-state index contributed by atoms with van der Waals surface area (Å²) in [5.41, 5.74) is 3.47. The molecule has 1 aliphatic carbocycles. The topological polar surface area (TPSA) is 83.6 Å². The molecular formula is C17H20F2N2O3. The molecule has 7 heteroatoms. The first-order valence-electron chi connectivity index (χ1n) is 7.95. The van der Waals surface area contributed by atoms with Gasteiger partial charge in [-0.3, -0.25) is 14.5 Å². The standard InChI is InChI=1S/C17H20F2N2O3/c1-16(24)3-2-4-17(9-16)8-13(14(20)22)21(15(17)23)12-6-10(18)5-11(19)7-12/h5-7,13,24H,2-4,8-9H2,1H3,(H2,20,22)/t13?,16-,17-/m1/s1. The lowest BCUT2D eigenvalue weighted by Crippen LogP contribution is -2.45. The fourth-order valence-corrected chi connectivity index (χ4v) is 4.22. The molecule has 1 unspecified atom stereocenters. The van der Waals surface area contributed by atoms with E-state index in [4.69, 9.17) is 5.73 Å². The maximum Gasteiger partial charge on any atom is 0.240 e. The Bertz CT molecular complexity index is 687. The van der Waals surface area contributed by atoms with Crippen molar-refractivity contribution in [1.29, 1.82) is 0 Å². The number of primary amides is 1. The average molecular weight is 338 g/mol. The quantitative estimate of drug-likeness (QED) is 0.863. The van der Waals surface area contributed by atoms with Gasteiger partial charge >= 0.3 is 0 Å². The second kappa shape index (κ2) is 5.51. The number of rotatable bonds is 2. The van der Waals surface area contributed by atoms with Gasteiger partial charge in [-0.1, -0.05) is 0 Å². The number of hydrogen-bond acceptors (Lipinski definition) is 3. The molecule has 3 atom stereocenters. The van der Waals surface area contributed by atoms with Crippen LogP contribution in [-0.2, 0) is 9.59 Å². The van der Waals surface area contributed by atoms with E-state index in [1.54, 1.807) is 6.92 Å². The fraction of sp³-hybridized carbons (Fsp3) is 0.529. The molecule has 1 aromatic rings. The SMILES string of the molecule is C[C@@]1(O)CCC[C@@]2(CC(C(N)=O)N(c3cc(F)cc(F)c3)C2=O)C1. The van der Waals surface area contributed by atoms with E-state index in [0.717, 1.165) is 17.0 Å². The zero-order valence-corrected chi connectivity index (χ0v) is 13.4. The number of carbonyl (C=O) groups is 2. The Morgan fingerprint density at radius 1 is 1.29 bits per heavy atom. The second-order valence-corrected chi connectivity index (χ2v) is 7.23. The van der Waals surface area contributed by atoms with Crippen LogP contribution in [0.5, 0.6) is 0 Å². The summed E-state index contributed by atoms with van der Waals surface area (Å²) < 4.78 is 27.1. The van der Waals surface area contributed by atoms with Crippen molar-refractivity contribution in [2.45, 2.75) is 50.7 Å². The molecule has 24 heavy (non-hydrogen) atoms. The van der Waals surface area contributed by atoms with Crippen LogP contribution in [0.1, 0.15) is 39.0 Å². The van der Waals surface area contributed by atoms with Crippen LogP contribution < -0.4 is 10.6 Å². The summed E-state index contributed by atoms with van der Waals surface area (Å²) in [6.07, 6.45) is 2.07. The van der Waals surface area contributed by atoms with Gasteiger partial charge in [-0.25, -0.2) is 8.78 Å². The van der Waals surface area contributed by atoms with E-state index in [0.29, 0.717) is 25.3 Å². The Balaban J connectivity index is 2.04. The van der Waals surface area contributed by atoms with Gasteiger partial charge < -0.3 is 10.8 Å². The van der Waals surface area contributed by atoms with E-state index < -0.39 is 40.5 Å². The Labute approximate surface area is 138 Å². The Hall–Kier alpha value is -2.02. The molecule has 0 aromatic heterocycles. The highest BCUT2D eigenvalue weighted by atomic mass is 19.1. The van der Waals surface area contributed by atoms with Crippen LogP contribution in [0.25, 0.3) is 0 Å². The number of carbonyl (C=O) groups excluding carboxylic acids is 2. The maximum absolute atomic E-state index is 13.6. The normalized spacial score (nSPS) is 33.2. The summed E-state index contributed by atoms with van der Waals surface area (Å²) in [4.78, 5) is 26.0. The molecule has 1 aliphatic heterocycles. The molecule has 2 fully saturated rings. The third-order valence-electron chi connectivity index (χ3n) is 5.11. The van der Waals surface area contributed by atoms with Gasteiger partial charge in [-0.2, -0.15) is 0 Å². The van der Waals surface area contributed by atoms with Gasteiger partial charge in [0.05, 0.1) is 16.7 Å². The first-order chi connectivity index (χ1) is 11.1. The van der Waals surface area contributed by atoms with Crippen LogP contribution >= 0.6 is 0 Å². The summed E-state index contributed by atoms with van der Waals surface area (Å²) >= 11 is 0. The van der Waals surface area contributed by atoms with Crippen molar-refractivity contribution in [3.05, 3.63) is 29.8 Å². The van der Waals surface area contributed by atoms with Gasteiger partial charge in [0.1, 0.15) is 17.7 Å². The van der Waals surface area contributed by atoms with Crippen molar-refractivity contribution in [2.75, 3.05) is 4.90 Å². The van der Waals surface area contributed by atoms with E-state index in [2.05, 4.69) is 0 Å². The van der Waals surface area contributed by atoms with Gasteiger partial charge in [-0.05, 0) is 51.2 Å². The summed E-state index contributed by atoms with van der Waals surface area (Å²) in [5.74, 6) is -2.80.